The minimum atomic E-state index is -0.336. The standard InChI is InChI=1S/C24H21FN6/c1-15-19-6-4-3-5-17(19)11-12-26-23(18-7-10-22-27-14-28-31(22)13-18)24(30-15)21-9-8-20(25)16(2)29-21/h3-10,13-14,26H,11-12H2,1-2H3/b24-23-,30-15?. The van der Waals surface area contributed by atoms with Crippen LogP contribution in [-0.2, 0) is 6.42 Å². The first-order chi connectivity index (χ1) is 15.1. The number of aliphatic imine (C=N–C) groups is 1. The van der Waals surface area contributed by atoms with Gasteiger partial charge in [-0.2, -0.15) is 5.10 Å². The van der Waals surface area contributed by atoms with Crippen LogP contribution in [0.5, 0.6) is 0 Å². The molecule has 3 aromatic heterocycles. The highest BCUT2D eigenvalue weighted by atomic mass is 19.1. The maximum atomic E-state index is 14.0. The quantitative estimate of drug-likeness (QED) is 0.539. The van der Waals surface area contributed by atoms with Gasteiger partial charge in [-0.3, -0.25) is 0 Å². The third-order valence-corrected chi connectivity index (χ3v) is 5.45. The van der Waals surface area contributed by atoms with E-state index in [9.17, 15) is 4.39 Å². The van der Waals surface area contributed by atoms with Crippen molar-refractivity contribution >= 4 is 22.8 Å². The number of rotatable bonds is 2. The van der Waals surface area contributed by atoms with E-state index in [1.54, 1.807) is 17.5 Å². The largest absolute Gasteiger partial charge is 0.382 e. The van der Waals surface area contributed by atoms with Gasteiger partial charge in [-0.05, 0) is 55.7 Å². The molecule has 1 aliphatic rings. The molecule has 154 valence electrons. The van der Waals surface area contributed by atoms with Crippen LogP contribution in [0.4, 0.5) is 4.39 Å². The summed E-state index contributed by atoms with van der Waals surface area (Å²) in [7, 11) is 0. The third kappa shape index (κ3) is 3.59. The summed E-state index contributed by atoms with van der Waals surface area (Å²) in [6, 6.07) is 15.3. The Morgan fingerprint density at radius 1 is 1.03 bits per heavy atom. The number of hydrogen-bond acceptors (Lipinski definition) is 5. The van der Waals surface area contributed by atoms with Gasteiger partial charge < -0.3 is 5.32 Å². The molecule has 6 nitrogen and oxygen atoms in total. The summed E-state index contributed by atoms with van der Waals surface area (Å²) in [6.07, 6.45) is 4.28. The molecule has 0 saturated carbocycles. The van der Waals surface area contributed by atoms with Gasteiger partial charge in [0, 0.05) is 24.0 Å². The molecule has 5 rings (SSSR count). The Balaban J connectivity index is 1.77. The molecule has 0 amide bonds. The number of halogens is 1. The first kappa shape index (κ1) is 19.1. The number of nitrogens with zero attached hydrogens (tertiary/aromatic N) is 5. The zero-order valence-corrected chi connectivity index (χ0v) is 17.3. The highest BCUT2D eigenvalue weighted by molar-refractivity contribution is 6.05. The maximum Gasteiger partial charge on any atom is 0.155 e. The minimum absolute atomic E-state index is 0.336. The van der Waals surface area contributed by atoms with Gasteiger partial charge in [0.2, 0.25) is 0 Å². The van der Waals surface area contributed by atoms with Gasteiger partial charge in [-0.1, -0.05) is 24.3 Å². The summed E-state index contributed by atoms with van der Waals surface area (Å²) in [6.45, 7) is 4.38. The zero-order chi connectivity index (χ0) is 21.4. The van der Waals surface area contributed by atoms with Gasteiger partial charge in [0.05, 0.1) is 17.1 Å². The van der Waals surface area contributed by atoms with E-state index in [0.29, 0.717) is 23.6 Å². The number of aromatic nitrogens is 4. The Bertz CT molecular complexity index is 1350. The average Bonchev–Trinajstić information content (AvgIpc) is 3.27. The lowest BCUT2D eigenvalue weighted by molar-refractivity contribution is 0.609. The van der Waals surface area contributed by atoms with E-state index < -0.39 is 0 Å². The molecule has 0 atom stereocenters. The monoisotopic (exact) mass is 412 g/mol. The van der Waals surface area contributed by atoms with Crippen LogP contribution in [0.15, 0.2) is 66.0 Å². The fourth-order valence-corrected chi connectivity index (χ4v) is 3.85. The highest BCUT2D eigenvalue weighted by Gasteiger charge is 2.18. The summed E-state index contributed by atoms with van der Waals surface area (Å²) in [5, 5.41) is 7.82. The smallest absolute Gasteiger partial charge is 0.155 e. The lowest BCUT2D eigenvalue weighted by Gasteiger charge is -2.15. The van der Waals surface area contributed by atoms with Gasteiger partial charge in [-0.15, -0.1) is 0 Å². The van der Waals surface area contributed by atoms with Gasteiger partial charge in [-0.25, -0.2) is 23.9 Å². The van der Waals surface area contributed by atoms with E-state index in [0.717, 1.165) is 34.6 Å². The zero-order valence-electron chi connectivity index (χ0n) is 17.3. The lowest BCUT2D eigenvalue weighted by atomic mass is 10.0. The maximum absolute atomic E-state index is 14.0. The fourth-order valence-electron chi connectivity index (χ4n) is 3.85. The van der Waals surface area contributed by atoms with Crippen LogP contribution in [0.25, 0.3) is 17.0 Å². The summed E-state index contributed by atoms with van der Waals surface area (Å²) in [5.74, 6) is -0.336. The van der Waals surface area contributed by atoms with Crippen LogP contribution in [0.3, 0.4) is 0 Å². The molecular weight excluding hydrogens is 391 g/mol. The lowest BCUT2D eigenvalue weighted by Crippen LogP contribution is -2.18. The topological polar surface area (TPSA) is 67.5 Å². The number of hydrogen-bond donors (Lipinski definition) is 1. The van der Waals surface area contributed by atoms with E-state index in [1.807, 2.05) is 37.4 Å². The second kappa shape index (κ2) is 7.75. The van der Waals surface area contributed by atoms with Gasteiger partial charge >= 0.3 is 0 Å². The summed E-state index contributed by atoms with van der Waals surface area (Å²) in [4.78, 5) is 13.7. The molecule has 0 unspecified atom stereocenters. The van der Waals surface area contributed by atoms with E-state index in [4.69, 9.17) is 4.99 Å². The van der Waals surface area contributed by atoms with Crippen LogP contribution < -0.4 is 5.32 Å². The van der Waals surface area contributed by atoms with Crippen LogP contribution in [0, 0.1) is 12.7 Å². The molecule has 4 aromatic rings. The van der Waals surface area contributed by atoms with Crippen molar-refractivity contribution in [3.05, 3.63) is 95.0 Å². The number of fused-ring (bicyclic) bond motifs is 2. The molecule has 7 heteroatoms. The van der Waals surface area contributed by atoms with E-state index in [1.165, 1.54) is 18.0 Å². The van der Waals surface area contributed by atoms with Crippen molar-refractivity contribution in [3.63, 3.8) is 0 Å². The Morgan fingerprint density at radius 3 is 2.77 bits per heavy atom. The molecule has 1 aromatic carbocycles. The van der Waals surface area contributed by atoms with E-state index in [-0.39, 0.29) is 5.82 Å². The molecule has 0 bridgehead atoms. The van der Waals surface area contributed by atoms with Gasteiger partial charge in [0.1, 0.15) is 17.8 Å². The Labute approximate surface area is 179 Å². The molecule has 1 aliphatic heterocycles. The van der Waals surface area contributed by atoms with Crippen molar-refractivity contribution in [1.29, 1.82) is 0 Å². The SMILES string of the molecule is CC1=N/C(c2ccc(F)c(C)n2)=C(/c2ccc3ncnn3c2)NCCc2ccccc21. The predicted molar refractivity (Wildman–Crippen MR) is 119 cm³/mol. The minimum Gasteiger partial charge on any atom is -0.382 e. The second-order valence-electron chi connectivity index (χ2n) is 7.50. The normalized spacial score (nSPS) is 16.7. The van der Waals surface area contributed by atoms with Crippen LogP contribution >= 0.6 is 0 Å². The number of pyridine rings is 2. The summed E-state index contributed by atoms with van der Waals surface area (Å²) >= 11 is 0. The molecule has 0 fully saturated rings. The van der Waals surface area contributed by atoms with Crippen molar-refractivity contribution in [2.24, 2.45) is 4.99 Å². The van der Waals surface area contributed by atoms with Gasteiger partial charge in [0.25, 0.3) is 0 Å². The molecule has 0 saturated heterocycles. The molecule has 0 aliphatic carbocycles. The Kier molecular flexibility index (Phi) is 4.78. The molecule has 4 heterocycles. The summed E-state index contributed by atoms with van der Waals surface area (Å²) < 4.78 is 15.7. The average molecular weight is 412 g/mol. The van der Waals surface area contributed by atoms with Gasteiger partial charge in [0.15, 0.2) is 5.65 Å². The van der Waals surface area contributed by atoms with E-state index in [2.05, 4.69) is 32.5 Å². The molecular formula is C24H21FN6. The van der Waals surface area contributed by atoms with Crippen molar-refractivity contribution < 1.29 is 4.39 Å². The molecule has 1 N–H and O–H groups in total. The predicted octanol–water partition coefficient (Wildman–Crippen LogP) is 4.05. The number of aryl methyl sites for hydroxylation is 1. The third-order valence-electron chi connectivity index (χ3n) is 5.45. The van der Waals surface area contributed by atoms with Crippen LogP contribution in [-0.4, -0.2) is 31.8 Å². The fraction of sp³-hybridized carbons (Fsp3) is 0.167. The number of benzene rings is 1. The Hall–Kier alpha value is -3.87. The van der Waals surface area contributed by atoms with Crippen molar-refractivity contribution in [2.45, 2.75) is 20.3 Å². The van der Waals surface area contributed by atoms with Crippen molar-refractivity contribution in [2.75, 3.05) is 6.54 Å². The second-order valence-corrected chi connectivity index (χ2v) is 7.50. The molecule has 0 radical (unpaired) electrons. The first-order valence-electron chi connectivity index (χ1n) is 10.1. The van der Waals surface area contributed by atoms with Crippen molar-refractivity contribution in [3.8, 4) is 0 Å². The van der Waals surface area contributed by atoms with Crippen LogP contribution in [0.1, 0.15) is 35.0 Å². The Morgan fingerprint density at radius 2 is 1.90 bits per heavy atom. The van der Waals surface area contributed by atoms with Crippen LogP contribution in [0.2, 0.25) is 0 Å². The molecule has 0 spiro atoms. The highest BCUT2D eigenvalue weighted by Crippen LogP contribution is 2.28. The van der Waals surface area contributed by atoms with Crippen molar-refractivity contribution in [1.82, 2.24) is 24.9 Å². The number of nitrogens with one attached hydrogen (secondary N) is 1. The van der Waals surface area contributed by atoms with E-state index >= 15 is 0 Å². The first-order valence-corrected chi connectivity index (χ1v) is 10.1. The summed E-state index contributed by atoms with van der Waals surface area (Å²) in [5.41, 5.74) is 7.32. The molecule has 31 heavy (non-hydrogen) atoms.